The number of halogens is 1. The summed E-state index contributed by atoms with van der Waals surface area (Å²) < 4.78 is 0. The summed E-state index contributed by atoms with van der Waals surface area (Å²) >= 11 is 0. The molecule has 0 aromatic rings. The van der Waals surface area contributed by atoms with Crippen LogP contribution in [0.4, 0.5) is 0 Å². The van der Waals surface area contributed by atoms with Gasteiger partial charge in [0, 0.05) is 32.7 Å². The summed E-state index contributed by atoms with van der Waals surface area (Å²) in [6.45, 7) is 6.81. The smallest absolute Gasteiger partial charge is 0.191 e. The molecule has 1 atom stereocenters. The third-order valence-electron chi connectivity index (χ3n) is 4.39. The number of aliphatic imine (C=N–C) groups is 1. The van der Waals surface area contributed by atoms with Crippen molar-refractivity contribution in [3.05, 3.63) is 0 Å². The van der Waals surface area contributed by atoms with Crippen LogP contribution < -0.4 is 10.6 Å². The lowest BCUT2D eigenvalue weighted by molar-refractivity contribution is 0.147. The Bertz CT molecular complexity index is 292. The van der Waals surface area contributed by atoms with Crippen LogP contribution in [0.1, 0.15) is 45.4 Å². The van der Waals surface area contributed by atoms with Crippen molar-refractivity contribution in [3.8, 4) is 0 Å². The van der Waals surface area contributed by atoms with E-state index in [4.69, 9.17) is 0 Å². The molecular weight excluding hydrogens is 363 g/mol. The third-order valence-corrected chi connectivity index (χ3v) is 4.39. The SMILES string of the molecule is CCC1CCCCN1CCNC(=NC)NCC1CC1.I. The van der Waals surface area contributed by atoms with E-state index in [1.54, 1.807) is 0 Å². The van der Waals surface area contributed by atoms with Gasteiger partial charge in [0.05, 0.1) is 0 Å². The molecule has 1 heterocycles. The molecule has 0 amide bonds. The van der Waals surface area contributed by atoms with Crippen LogP contribution in [0.3, 0.4) is 0 Å². The molecule has 1 unspecified atom stereocenters. The molecule has 0 spiro atoms. The molecule has 118 valence electrons. The molecule has 4 nitrogen and oxygen atoms in total. The minimum Gasteiger partial charge on any atom is -0.356 e. The van der Waals surface area contributed by atoms with Crippen LogP contribution in [-0.2, 0) is 0 Å². The average Bonchev–Trinajstić information content (AvgIpc) is 3.27. The first kappa shape index (κ1) is 18.0. The zero-order chi connectivity index (χ0) is 13.5. The van der Waals surface area contributed by atoms with E-state index in [9.17, 15) is 0 Å². The number of likely N-dealkylation sites (tertiary alicyclic amines) is 1. The molecule has 1 aliphatic carbocycles. The molecule has 0 bridgehead atoms. The number of hydrogen-bond donors (Lipinski definition) is 2. The van der Waals surface area contributed by atoms with Crippen LogP contribution in [0.5, 0.6) is 0 Å². The summed E-state index contributed by atoms with van der Waals surface area (Å²) in [6, 6.07) is 0.803. The van der Waals surface area contributed by atoms with Crippen molar-refractivity contribution in [1.29, 1.82) is 0 Å². The molecule has 1 saturated carbocycles. The summed E-state index contributed by atoms with van der Waals surface area (Å²) in [7, 11) is 1.86. The number of nitrogens with one attached hydrogen (secondary N) is 2. The lowest BCUT2D eigenvalue weighted by Gasteiger charge is -2.35. The second-order valence-corrected chi connectivity index (χ2v) is 5.92. The van der Waals surface area contributed by atoms with E-state index in [1.807, 2.05) is 7.05 Å². The molecule has 0 aromatic heterocycles. The van der Waals surface area contributed by atoms with Crippen LogP contribution in [0.15, 0.2) is 4.99 Å². The van der Waals surface area contributed by atoms with Gasteiger partial charge in [-0.2, -0.15) is 0 Å². The molecule has 5 heteroatoms. The Hall–Kier alpha value is -0.0400. The molecule has 2 N–H and O–H groups in total. The molecule has 1 saturated heterocycles. The first-order chi connectivity index (χ1) is 9.33. The van der Waals surface area contributed by atoms with E-state index in [2.05, 4.69) is 27.4 Å². The fraction of sp³-hybridized carbons (Fsp3) is 0.933. The minimum absolute atomic E-state index is 0. The van der Waals surface area contributed by atoms with Crippen LogP contribution in [0, 0.1) is 5.92 Å². The Kier molecular flexibility index (Phi) is 8.84. The van der Waals surface area contributed by atoms with E-state index in [0.29, 0.717) is 0 Å². The molecule has 2 aliphatic rings. The predicted molar refractivity (Wildman–Crippen MR) is 97.0 cm³/mol. The van der Waals surface area contributed by atoms with Crippen molar-refractivity contribution >= 4 is 29.9 Å². The second-order valence-electron chi connectivity index (χ2n) is 5.92. The molecular formula is C15H31IN4. The Balaban J connectivity index is 0.00000200. The van der Waals surface area contributed by atoms with Crippen molar-refractivity contribution < 1.29 is 0 Å². The Morgan fingerprint density at radius 2 is 2.00 bits per heavy atom. The van der Waals surface area contributed by atoms with Crippen LogP contribution >= 0.6 is 24.0 Å². The van der Waals surface area contributed by atoms with Gasteiger partial charge in [0.15, 0.2) is 5.96 Å². The maximum atomic E-state index is 4.29. The highest BCUT2D eigenvalue weighted by Gasteiger charge is 2.22. The fourth-order valence-corrected chi connectivity index (χ4v) is 2.92. The zero-order valence-corrected chi connectivity index (χ0v) is 15.4. The number of nitrogens with zero attached hydrogens (tertiary/aromatic N) is 2. The molecule has 0 radical (unpaired) electrons. The summed E-state index contributed by atoms with van der Waals surface area (Å²) in [5, 5.41) is 6.86. The van der Waals surface area contributed by atoms with Gasteiger partial charge in [0.25, 0.3) is 0 Å². The van der Waals surface area contributed by atoms with Crippen LogP contribution in [0.25, 0.3) is 0 Å². The van der Waals surface area contributed by atoms with E-state index in [1.165, 1.54) is 45.1 Å². The molecule has 20 heavy (non-hydrogen) atoms. The van der Waals surface area contributed by atoms with Gasteiger partial charge in [0.2, 0.25) is 0 Å². The third kappa shape index (κ3) is 6.16. The van der Waals surface area contributed by atoms with Gasteiger partial charge in [-0.15, -0.1) is 24.0 Å². The minimum atomic E-state index is 0. The molecule has 2 fully saturated rings. The predicted octanol–water partition coefficient (Wildman–Crippen LogP) is 2.44. The van der Waals surface area contributed by atoms with Crippen LogP contribution in [-0.4, -0.2) is 50.1 Å². The highest BCUT2D eigenvalue weighted by Crippen LogP contribution is 2.27. The maximum absolute atomic E-state index is 4.29. The van der Waals surface area contributed by atoms with Gasteiger partial charge in [-0.3, -0.25) is 9.89 Å². The first-order valence-corrected chi connectivity index (χ1v) is 8.02. The lowest BCUT2D eigenvalue weighted by atomic mass is 10.0. The zero-order valence-electron chi connectivity index (χ0n) is 13.0. The summed E-state index contributed by atoms with van der Waals surface area (Å²) in [4.78, 5) is 6.93. The van der Waals surface area contributed by atoms with Gasteiger partial charge in [-0.05, 0) is 44.6 Å². The van der Waals surface area contributed by atoms with Gasteiger partial charge in [-0.25, -0.2) is 0 Å². The second kappa shape index (κ2) is 9.82. The standard InChI is InChI=1S/C15H30N4.HI/c1-3-14-6-4-5-10-19(14)11-9-17-15(16-2)18-12-13-7-8-13;/h13-14H,3-12H2,1-2H3,(H2,16,17,18);1H. The number of guanidine groups is 1. The van der Waals surface area contributed by atoms with Gasteiger partial charge in [0.1, 0.15) is 0 Å². The van der Waals surface area contributed by atoms with Gasteiger partial charge in [-0.1, -0.05) is 13.3 Å². The van der Waals surface area contributed by atoms with E-state index >= 15 is 0 Å². The number of piperidine rings is 1. The quantitative estimate of drug-likeness (QED) is 0.413. The highest BCUT2D eigenvalue weighted by molar-refractivity contribution is 14.0. The van der Waals surface area contributed by atoms with Gasteiger partial charge < -0.3 is 10.6 Å². The number of rotatable bonds is 6. The maximum Gasteiger partial charge on any atom is 0.191 e. The van der Waals surface area contributed by atoms with Gasteiger partial charge >= 0.3 is 0 Å². The molecule has 0 aromatic carbocycles. The summed E-state index contributed by atoms with van der Waals surface area (Å²) in [6.07, 6.45) is 8.21. The first-order valence-electron chi connectivity index (χ1n) is 8.02. The Morgan fingerprint density at radius 3 is 2.65 bits per heavy atom. The highest BCUT2D eigenvalue weighted by atomic mass is 127. The van der Waals surface area contributed by atoms with Crippen molar-refractivity contribution in [2.75, 3.05) is 33.2 Å². The van der Waals surface area contributed by atoms with E-state index in [0.717, 1.165) is 37.6 Å². The Labute approximate surface area is 141 Å². The molecule has 1 aliphatic heterocycles. The van der Waals surface area contributed by atoms with Crippen molar-refractivity contribution in [3.63, 3.8) is 0 Å². The normalized spacial score (nSPS) is 24.1. The molecule has 2 rings (SSSR count). The van der Waals surface area contributed by atoms with Crippen molar-refractivity contribution in [2.45, 2.75) is 51.5 Å². The lowest BCUT2D eigenvalue weighted by Crippen LogP contribution is -2.46. The average molecular weight is 394 g/mol. The van der Waals surface area contributed by atoms with E-state index < -0.39 is 0 Å². The topological polar surface area (TPSA) is 39.7 Å². The monoisotopic (exact) mass is 394 g/mol. The fourth-order valence-electron chi connectivity index (χ4n) is 2.92. The summed E-state index contributed by atoms with van der Waals surface area (Å²) in [5.41, 5.74) is 0. The van der Waals surface area contributed by atoms with E-state index in [-0.39, 0.29) is 24.0 Å². The number of hydrogen-bond acceptors (Lipinski definition) is 2. The summed E-state index contributed by atoms with van der Waals surface area (Å²) in [5.74, 6) is 1.86. The largest absolute Gasteiger partial charge is 0.356 e. The van der Waals surface area contributed by atoms with Crippen molar-refractivity contribution in [2.24, 2.45) is 10.9 Å². The van der Waals surface area contributed by atoms with Crippen LogP contribution in [0.2, 0.25) is 0 Å². The van der Waals surface area contributed by atoms with Crippen molar-refractivity contribution in [1.82, 2.24) is 15.5 Å². The Morgan fingerprint density at radius 1 is 1.20 bits per heavy atom.